The van der Waals surface area contributed by atoms with Gasteiger partial charge < -0.3 is 14.8 Å². The van der Waals surface area contributed by atoms with Gasteiger partial charge in [-0.2, -0.15) is 0 Å². The summed E-state index contributed by atoms with van der Waals surface area (Å²) in [6.07, 6.45) is 1.40. The zero-order valence-corrected chi connectivity index (χ0v) is 15.6. The van der Waals surface area contributed by atoms with Gasteiger partial charge in [0.15, 0.2) is 0 Å². The molecule has 2 heterocycles. The van der Waals surface area contributed by atoms with E-state index in [0.717, 1.165) is 23.0 Å². The minimum absolute atomic E-state index is 0.0765. The van der Waals surface area contributed by atoms with Crippen molar-refractivity contribution in [2.24, 2.45) is 17.8 Å². The molecular formula is C20H24BNO5. The van der Waals surface area contributed by atoms with Crippen molar-refractivity contribution >= 4 is 18.9 Å². The van der Waals surface area contributed by atoms with Crippen molar-refractivity contribution in [1.82, 2.24) is 4.90 Å². The van der Waals surface area contributed by atoms with E-state index in [1.165, 1.54) is 4.90 Å². The molecule has 2 N–H and O–H groups in total. The van der Waals surface area contributed by atoms with Crippen LogP contribution in [0.5, 0.6) is 5.75 Å². The van der Waals surface area contributed by atoms with Gasteiger partial charge in [-0.3, -0.25) is 14.5 Å². The van der Waals surface area contributed by atoms with E-state index in [1.54, 1.807) is 24.3 Å². The number of phenols is 1. The van der Waals surface area contributed by atoms with Crippen LogP contribution in [0.1, 0.15) is 44.8 Å². The van der Waals surface area contributed by atoms with Gasteiger partial charge in [0.25, 0.3) is 0 Å². The normalized spacial score (nSPS) is 30.6. The van der Waals surface area contributed by atoms with Crippen molar-refractivity contribution in [3.8, 4) is 5.75 Å². The number of amides is 2. The Morgan fingerprint density at radius 1 is 1.19 bits per heavy atom. The molecule has 3 aliphatic rings. The SMILES string of the molecule is CCCN1C(=O)[C@H]2[C@H](CC(C)=C3B(O)O[C@H](c4ccc(O)cc4)C[C@H]32)C1=O. The van der Waals surface area contributed by atoms with Crippen LogP contribution < -0.4 is 0 Å². The predicted octanol–water partition coefficient (Wildman–Crippen LogP) is 2.22. The molecule has 27 heavy (non-hydrogen) atoms. The fourth-order valence-corrected chi connectivity index (χ4v) is 4.97. The molecule has 0 radical (unpaired) electrons. The summed E-state index contributed by atoms with van der Waals surface area (Å²) in [6, 6.07) is 6.69. The first-order valence-electron chi connectivity index (χ1n) is 9.59. The Bertz CT molecular complexity index is 805. The van der Waals surface area contributed by atoms with E-state index in [9.17, 15) is 19.7 Å². The Balaban J connectivity index is 1.69. The van der Waals surface area contributed by atoms with E-state index in [4.69, 9.17) is 4.65 Å². The number of rotatable bonds is 3. The van der Waals surface area contributed by atoms with Gasteiger partial charge in [-0.25, -0.2) is 0 Å². The minimum atomic E-state index is -1.08. The van der Waals surface area contributed by atoms with Crippen molar-refractivity contribution in [2.45, 2.75) is 39.2 Å². The zero-order valence-electron chi connectivity index (χ0n) is 15.6. The zero-order chi connectivity index (χ0) is 19.3. The van der Waals surface area contributed by atoms with E-state index < -0.39 is 13.0 Å². The summed E-state index contributed by atoms with van der Waals surface area (Å²) in [7, 11) is -1.08. The van der Waals surface area contributed by atoms with E-state index in [0.29, 0.717) is 19.4 Å². The Hall–Kier alpha value is -2.12. The predicted molar refractivity (Wildman–Crippen MR) is 99.3 cm³/mol. The second-order valence-corrected chi connectivity index (χ2v) is 7.81. The third-order valence-electron chi connectivity index (χ3n) is 6.16. The summed E-state index contributed by atoms with van der Waals surface area (Å²) >= 11 is 0. The molecule has 4 rings (SSSR count). The lowest BCUT2D eigenvalue weighted by atomic mass is 9.55. The van der Waals surface area contributed by atoms with Crippen LogP contribution in [-0.2, 0) is 14.2 Å². The minimum Gasteiger partial charge on any atom is -0.508 e. The number of likely N-dealkylation sites (tertiary alicyclic amines) is 1. The third-order valence-corrected chi connectivity index (χ3v) is 6.16. The van der Waals surface area contributed by atoms with Crippen molar-refractivity contribution in [2.75, 3.05) is 6.54 Å². The fraction of sp³-hybridized carbons (Fsp3) is 0.500. The van der Waals surface area contributed by atoms with Gasteiger partial charge in [0, 0.05) is 6.54 Å². The average molecular weight is 369 g/mol. The number of carbonyl (C=O) groups is 2. The molecule has 6 nitrogen and oxygen atoms in total. The number of nitrogens with zero attached hydrogens (tertiary/aromatic N) is 1. The summed E-state index contributed by atoms with van der Waals surface area (Å²) < 4.78 is 5.84. The van der Waals surface area contributed by atoms with Crippen LogP contribution in [-0.4, -0.2) is 40.5 Å². The molecule has 142 valence electrons. The maximum absolute atomic E-state index is 13.0. The topological polar surface area (TPSA) is 87.1 Å². The number of fused-ring (bicyclic) bond motifs is 3. The molecule has 2 aliphatic heterocycles. The highest BCUT2D eigenvalue weighted by molar-refractivity contribution is 6.53. The second kappa shape index (κ2) is 6.80. The summed E-state index contributed by atoms with van der Waals surface area (Å²) in [4.78, 5) is 27.2. The van der Waals surface area contributed by atoms with Gasteiger partial charge in [0.1, 0.15) is 5.75 Å². The van der Waals surface area contributed by atoms with Crippen molar-refractivity contribution in [1.29, 1.82) is 0 Å². The molecule has 0 aromatic heterocycles. The number of hydrogen-bond acceptors (Lipinski definition) is 5. The molecule has 4 atom stereocenters. The summed E-state index contributed by atoms with van der Waals surface area (Å²) in [6.45, 7) is 4.33. The van der Waals surface area contributed by atoms with Crippen molar-refractivity contribution in [3.05, 3.63) is 40.9 Å². The summed E-state index contributed by atoms with van der Waals surface area (Å²) in [5.74, 6) is -0.974. The van der Waals surface area contributed by atoms with Gasteiger partial charge in [0.05, 0.1) is 17.9 Å². The molecule has 2 fully saturated rings. The smallest absolute Gasteiger partial charge is 0.487 e. The van der Waals surface area contributed by atoms with Gasteiger partial charge in [0.2, 0.25) is 11.8 Å². The first-order valence-corrected chi connectivity index (χ1v) is 9.59. The molecular weight excluding hydrogens is 345 g/mol. The number of aromatic hydroxyl groups is 1. The standard InChI is InChI=1S/C20H24BNO5/c1-3-8-22-19(24)15-9-11(2)18-14(17(15)20(22)25)10-16(27-21(18)26)12-4-6-13(23)7-5-12/h4-7,14-17,23,26H,3,8-10H2,1-2H3/t14-,15-,16-,17+/m0/s1. The van der Waals surface area contributed by atoms with Crippen LogP contribution >= 0.6 is 0 Å². The van der Waals surface area contributed by atoms with Crippen LogP contribution in [0.25, 0.3) is 0 Å². The van der Waals surface area contributed by atoms with Gasteiger partial charge in [-0.05, 0) is 55.3 Å². The van der Waals surface area contributed by atoms with Crippen LogP contribution in [0.3, 0.4) is 0 Å². The highest BCUT2D eigenvalue weighted by atomic mass is 16.5. The van der Waals surface area contributed by atoms with Crippen LogP contribution in [0, 0.1) is 17.8 Å². The Kier molecular flexibility index (Phi) is 4.60. The number of phenolic OH excluding ortho intramolecular Hbond substituents is 1. The van der Waals surface area contributed by atoms with Crippen molar-refractivity contribution in [3.63, 3.8) is 0 Å². The molecule has 0 saturated carbocycles. The van der Waals surface area contributed by atoms with E-state index in [1.807, 2.05) is 13.8 Å². The lowest BCUT2D eigenvalue weighted by Crippen LogP contribution is -2.44. The molecule has 2 saturated heterocycles. The highest BCUT2D eigenvalue weighted by Gasteiger charge is 2.57. The molecule has 1 aromatic carbocycles. The van der Waals surface area contributed by atoms with Gasteiger partial charge >= 0.3 is 7.12 Å². The Morgan fingerprint density at radius 3 is 2.56 bits per heavy atom. The highest BCUT2D eigenvalue weighted by Crippen LogP contribution is 2.51. The van der Waals surface area contributed by atoms with Gasteiger partial charge in [-0.15, -0.1) is 0 Å². The third kappa shape index (κ3) is 2.89. The quantitative estimate of drug-likeness (QED) is 0.630. The first kappa shape index (κ1) is 18.3. The maximum Gasteiger partial charge on any atom is 0.487 e. The first-order chi connectivity index (χ1) is 12.9. The molecule has 0 bridgehead atoms. The van der Waals surface area contributed by atoms with Gasteiger partial charge in [-0.1, -0.05) is 24.6 Å². The molecule has 0 spiro atoms. The fourth-order valence-electron chi connectivity index (χ4n) is 4.97. The average Bonchev–Trinajstić information content (AvgIpc) is 2.87. The number of carbonyl (C=O) groups excluding carboxylic acids is 2. The molecule has 1 aromatic rings. The van der Waals surface area contributed by atoms with E-state index in [-0.39, 0.29) is 35.5 Å². The van der Waals surface area contributed by atoms with Crippen molar-refractivity contribution < 1.29 is 24.4 Å². The lowest BCUT2D eigenvalue weighted by Gasteiger charge is -2.41. The van der Waals surface area contributed by atoms with E-state index in [2.05, 4.69) is 0 Å². The molecule has 7 heteroatoms. The second-order valence-electron chi connectivity index (χ2n) is 7.81. The number of benzene rings is 1. The van der Waals surface area contributed by atoms with Crippen LogP contribution in [0.2, 0.25) is 0 Å². The Labute approximate surface area is 159 Å². The largest absolute Gasteiger partial charge is 0.508 e. The molecule has 2 amide bonds. The summed E-state index contributed by atoms with van der Waals surface area (Å²) in [5, 5.41) is 20.2. The molecule has 0 unspecified atom stereocenters. The van der Waals surface area contributed by atoms with Crippen LogP contribution in [0.4, 0.5) is 0 Å². The summed E-state index contributed by atoms with van der Waals surface area (Å²) in [5.41, 5.74) is 2.57. The maximum atomic E-state index is 13.0. The number of allylic oxidation sites excluding steroid dienone is 2. The lowest BCUT2D eigenvalue weighted by molar-refractivity contribution is -0.140. The molecule has 1 aliphatic carbocycles. The van der Waals surface area contributed by atoms with Crippen LogP contribution in [0.15, 0.2) is 35.3 Å². The number of imide groups is 1. The van der Waals surface area contributed by atoms with E-state index >= 15 is 0 Å². The number of hydrogen-bond donors (Lipinski definition) is 2. The monoisotopic (exact) mass is 369 g/mol. The Morgan fingerprint density at radius 2 is 1.89 bits per heavy atom.